The van der Waals surface area contributed by atoms with E-state index < -0.39 is 7.12 Å². The average molecular weight is 315 g/mol. The van der Waals surface area contributed by atoms with E-state index in [1.54, 1.807) is 12.3 Å². The number of rotatable bonds is 2. The molecular weight excluding hydrogens is 297 g/mol. The van der Waals surface area contributed by atoms with Crippen LogP contribution in [0, 0.1) is 0 Å². The maximum absolute atomic E-state index is 9.48. The molecule has 0 saturated heterocycles. The maximum Gasteiger partial charge on any atom is 0.488 e. The molecule has 0 unspecified atom stereocenters. The summed E-state index contributed by atoms with van der Waals surface area (Å²) in [6, 6.07) is 16.2. The Morgan fingerprint density at radius 2 is 1.58 bits per heavy atom. The van der Waals surface area contributed by atoms with E-state index in [9.17, 15) is 10.0 Å². The van der Waals surface area contributed by atoms with Crippen LogP contribution in [0.25, 0.3) is 22.3 Å². The molecule has 4 rings (SSSR count). The number of pyridine rings is 1. The third-order valence-electron chi connectivity index (χ3n) is 4.99. The zero-order chi connectivity index (χ0) is 16.9. The van der Waals surface area contributed by atoms with Crippen molar-refractivity contribution in [3.8, 4) is 22.3 Å². The van der Waals surface area contributed by atoms with Crippen LogP contribution in [0.15, 0.2) is 60.9 Å². The van der Waals surface area contributed by atoms with Crippen LogP contribution < -0.4 is 5.46 Å². The highest BCUT2D eigenvalue weighted by Crippen LogP contribution is 2.49. The quantitative estimate of drug-likeness (QED) is 0.715. The Labute approximate surface area is 141 Å². The monoisotopic (exact) mass is 315 g/mol. The molecule has 24 heavy (non-hydrogen) atoms. The lowest BCUT2D eigenvalue weighted by molar-refractivity contribution is 0.425. The lowest BCUT2D eigenvalue weighted by atomic mass is 9.75. The first-order valence-electron chi connectivity index (χ1n) is 8.04. The van der Waals surface area contributed by atoms with Crippen LogP contribution in [-0.2, 0) is 5.41 Å². The third-order valence-corrected chi connectivity index (χ3v) is 4.99. The van der Waals surface area contributed by atoms with Crippen LogP contribution in [0.5, 0.6) is 0 Å². The van der Waals surface area contributed by atoms with E-state index in [0.29, 0.717) is 5.46 Å². The second-order valence-electron chi connectivity index (χ2n) is 6.81. The van der Waals surface area contributed by atoms with Crippen molar-refractivity contribution >= 4 is 12.6 Å². The minimum absolute atomic E-state index is 0.187. The summed E-state index contributed by atoms with van der Waals surface area (Å²) in [5, 5.41) is 19.0. The molecule has 1 aromatic heterocycles. The smallest absolute Gasteiger partial charge is 0.423 e. The zero-order valence-electron chi connectivity index (χ0n) is 13.7. The lowest BCUT2D eigenvalue weighted by Gasteiger charge is -2.22. The van der Waals surface area contributed by atoms with Crippen LogP contribution >= 0.6 is 0 Å². The van der Waals surface area contributed by atoms with E-state index in [-0.39, 0.29) is 5.41 Å². The summed E-state index contributed by atoms with van der Waals surface area (Å²) in [7, 11) is -1.44. The maximum atomic E-state index is 9.48. The lowest BCUT2D eigenvalue weighted by Crippen LogP contribution is -2.31. The first-order chi connectivity index (χ1) is 11.5. The molecule has 3 aromatic rings. The van der Waals surface area contributed by atoms with Gasteiger partial charge in [-0.2, -0.15) is 0 Å². The number of hydrogen-bond donors (Lipinski definition) is 2. The van der Waals surface area contributed by atoms with Gasteiger partial charge in [-0.3, -0.25) is 4.98 Å². The Bertz CT molecular complexity index is 920. The molecule has 1 aliphatic rings. The number of benzene rings is 2. The van der Waals surface area contributed by atoms with Crippen LogP contribution in [0.1, 0.15) is 25.0 Å². The summed E-state index contributed by atoms with van der Waals surface area (Å²) < 4.78 is 0. The van der Waals surface area contributed by atoms with E-state index in [1.165, 1.54) is 11.1 Å². The fourth-order valence-electron chi connectivity index (χ4n) is 3.63. The van der Waals surface area contributed by atoms with E-state index >= 15 is 0 Å². The van der Waals surface area contributed by atoms with Crippen LogP contribution in [0.3, 0.4) is 0 Å². The molecule has 2 aromatic carbocycles. The molecule has 0 atom stereocenters. The van der Waals surface area contributed by atoms with Gasteiger partial charge in [0.05, 0.1) is 0 Å². The second kappa shape index (κ2) is 5.30. The standard InChI is InChI=1S/C20H18BNO2/c1-20(2)18-10-13(14-4-3-9-22-12-14)5-7-16(18)17-8-6-15(21(23)24)11-19(17)20/h3-12,23-24H,1-2H3. The highest BCUT2D eigenvalue weighted by molar-refractivity contribution is 6.58. The van der Waals surface area contributed by atoms with Gasteiger partial charge in [0.15, 0.2) is 0 Å². The topological polar surface area (TPSA) is 53.4 Å². The fraction of sp³-hybridized carbons (Fsp3) is 0.150. The van der Waals surface area contributed by atoms with Crippen LogP contribution in [0.2, 0.25) is 0 Å². The SMILES string of the molecule is CC1(C)c2cc(B(O)O)ccc2-c2ccc(-c3cccnc3)cc21. The van der Waals surface area contributed by atoms with Crippen molar-refractivity contribution in [2.45, 2.75) is 19.3 Å². The molecule has 0 bridgehead atoms. The molecule has 2 N–H and O–H groups in total. The third kappa shape index (κ3) is 2.19. The molecule has 1 heterocycles. The van der Waals surface area contributed by atoms with Gasteiger partial charge in [0, 0.05) is 17.8 Å². The minimum Gasteiger partial charge on any atom is -0.423 e. The van der Waals surface area contributed by atoms with Crippen molar-refractivity contribution in [2.24, 2.45) is 0 Å². The number of nitrogens with zero attached hydrogens (tertiary/aromatic N) is 1. The Hall–Kier alpha value is -2.43. The summed E-state index contributed by atoms with van der Waals surface area (Å²) in [6.07, 6.45) is 3.65. The van der Waals surface area contributed by atoms with Gasteiger partial charge in [0.1, 0.15) is 0 Å². The molecule has 0 amide bonds. The average Bonchev–Trinajstić information content (AvgIpc) is 2.83. The summed E-state index contributed by atoms with van der Waals surface area (Å²) >= 11 is 0. The summed E-state index contributed by atoms with van der Waals surface area (Å²) in [6.45, 7) is 4.36. The molecule has 0 fully saturated rings. The first kappa shape index (κ1) is 15.1. The van der Waals surface area contributed by atoms with Gasteiger partial charge < -0.3 is 10.0 Å². The molecule has 0 saturated carbocycles. The molecular formula is C20H18BNO2. The molecule has 3 nitrogen and oxygen atoms in total. The van der Waals surface area contributed by atoms with Gasteiger partial charge in [-0.25, -0.2) is 0 Å². The predicted octanol–water partition coefficient (Wildman–Crippen LogP) is 2.73. The van der Waals surface area contributed by atoms with Gasteiger partial charge in [-0.1, -0.05) is 50.2 Å². The summed E-state index contributed by atoms with van der Waals surface area (Å²) in [5.41, 5.74) is 7.34. The van der Waals surface area contributed by atoms with Gasteiger partial charge in [-0.15, -0.1) is 0 Å². The molecule has 0 spiro atoms. The van der Waals surface area contributed by atoms with Gasteiger partial charge >= 0.3 is 7.12 Å². The van der Waals surface area contributed by atoms with Crippen molar-refractivity contribution in [3.05, 3.63) is 72.1 Å². The van der Waals surface area contributed by atoms with E-state index in [4.69, 9.17) is 0 Å². The molecule has 4 heteroatoms. The predicted molar refractivity (Wildman–Crippen MR) is 97.1 cm³/mol. The molecule has 118 valence electrons. The summed E-state index contributed by atoms with van der Waals surface area (Å²) in [5.74, 6) is 0. The minimum atomic E-state index is -1.44. The molecule has 0 radical (unpaired) electrons. The van der Waals surface area contributed by atoms with Crippen LogP contribution in [0.4, 0.5) is 0 Å². The Kier molecular flexibility index (Phi) is 3.34. The number of fused-ring (bicyclic) bond motifs is 3. The van der Waals surface area contributed by atoms with E-state index in [1.807, 2.05) is 24.4 Å². The Balaban J connectivity index is 1.89. The van der Waals surface area contributed by atoms with Crippen molar-refractivity contribution in [1.29, 1.82) is 0 Å². The van der Waals surface area contributed by atoms with Gasteiger partial charge in [0.2, 0.25) is 0 Å². The first-order valence-corrected chi connectivity index (χ1v) is 8.04. The molecule has 0 aliphatic heterocycles. The van der Waals surface area contributed by atoms with Crippen molar-refractivity contribution in [1.82, 2.24) is 4.98 Å². The van der Waals surface area contributed by atoms with Crippen LogP contribution in [-0.4, -0.2) is 22.2 Å². The van der Waals surface area contributed by atoms with Gasteiger partial charge in [0.25, 0.3) is 0 Å². The highest BCUT2D eigenvalue weighted by atomic mass is 16.4. The van der Waals surface area contributed by atoms with Gasteiger partial charge in [-0.05, 0) is 51.0 Å². The van der Waals surface area contributed by atoms with E-state index in [0.717, 1.165) is 22.3 Å². The Morgan fingerprint density at radius 1 is 0.875 bits per heavy atom. The highest BCUT2D eigenvalue weighted by Gasteiger charge is 2.36. The number of aromatic nitrogens is 1. The largest absolute Gasteiger partial charge is 0.488 e. The second-order valence-corrected chi connectivity index (χ2v) is 6.81. The number of hydrogen-bond acceptors (Lipinski definition) is 3. The van der Waals surface area contributed by atoms with Crippen molar-refractivity contribution in [3.63, 3.8) is 0 Å². The normalized spacial score (nSPS) is 14.2. The van der Waals surface area contributed by atoms with E-state index in [2.05, 4.69) is 43.1 Å². The fourth-order valence-corrected chi connectivity index (χ4v) is 3.63. The molecule has 1 aliphatic carbocycles. The Morgan fingerprint density at radius 3 is 2.25 bits per heavy atom. The zero-order valence-corrected chi connectivity index (χ0v) is 13.7. The summed E-state index contributed by atoms with van der Waals surface area (Å²) in [4.78, 5) is 4.21. The van der Waals surface area contributed by atoms with Crippen molar-refractivity contribution in [2.75, 3.05) is 0 Å². The van der Waals surface area contributed by atoms with Crippen molar-refractivity contribution < 1.29 is 10.0 Å².